The molecule has 0 radical (unpaired) electrons. The number of hydrogen-bond acceptors (Lipinski definition) is 1. The van der Waals surface area contributed by atoms with E-state index in [0.717, 1.165) is 24.3 Å². The number of benzene rings is 2. The SMILES string of the molecule is O=C(Nc1ccc(F)cc1F)c1cc(F)c(Cl)cc1Cl. The third-order valence-corrected chi connectivity index (χ3v) is 3.04. The van der Waals surface area contributed by atoms with Crippen molar-refractivity contribution in [3.63, 3.8) is 0 Å². The van der Waals surface area contributed by atoms with Gasteiger partial charge in [0.15, 0.2) is 0 Å². The number of hydrogen-bond donors (Lipinski definition) is 1. The Kier molecular flexibility index (Phi) is 4.20. The van der Waals surface area contributed by atoms with E-state index < -0.39 is 23.4 Å². The average molecular weight is 320 g/mol. The normalized spacial score (nSPS) is 10.4. The first kappa shape index (κ1) is 14.7. The molecule has 0 aliphatic carbocycles. The Hall–Kier alpha value is -1.72. The molecule has 2 nitrogen and oxygen atoms in total. The highest BCUT2D eigenvalue weighted by Gasteiger charge is 2.16. The summed E-state index contributed by atoms with van der Waals surface area (Å²) in [6, 6.07) is 4.53. The largest absolute Gasteiger partial charge is 0.319 e. The van der Waals surface area contributed by atoms with Crippen molar-refractivity contribution in [2.24, 2.45) is 0 Å². The van der Waals surface area contributed by atoms with E-state index in [0.29, 0.717) is 6.07 Å². The highest BCUT2D eigenvalue weighted by molar-refractivity contribution is 6.37. The molecule has 1 amide bonds. The zero-order valence-electron chi connectivity index (χ0n) is 9.68. The first-order valence-electron chi connectivity index (χ1n) is 5.29. The zero-order valence-corrected chi connectivity index (χ0v) is 11.2. The predicted molar refractivity (Wildman–Crippen MR) is 70.7 cm³/mol. The summed E-state index contributed by atoms with van der Waals surface area (Å²) >= 11 is 11.3. The number of anilines is 1. The number of carbonyl (C=O) groups excluding carboxylic acids is 1. The Morgan fingerprint density at radius 3 is 2.30 bits per heavy atom. The van der Waals surface area contributed by atoms with Crippen LogP contribution in [0.5, 0.6) is 0 Å². The number of rotatable bonds is 2. The maximum Gasteiger partial charge on any atom is 0.257 e. The minimum absolute atomic E-state index is 0.0866. The Morgan fingerprint density at radius 1 is 0.950 bits per heavy atom. The molecule has 0 aliphatic rings. The second kappa shape index (κ2) is 5.73. The molecule has 2 aromatic carbocycles. The predicted octanol–water partition coefficient (Wildman–Crippen LogP) is 4.66. The molecule has 0 unspecified atom stereocenters. The third-order valence-electron chi connectivity index (χ3n) is 2.43. The van der Waals surface area contributed by atoms with Crippen molar-refractivity contribution in [1.29, 1.82) is 0 Å². The molecule has 20 heavy (non-hydrogen) atoms. The Bertz CT molecular complexity index is 692. The van der Waals surface area contributed by atoms with Gasteiger partial charge < -0.3 is 5.32 Å². The van der Waals surface area contributed by atoms with Crippen LogP contribution < -0.4 is 5.32 Å². The van der Waals surface area contributed by atoms with E-state index >= 15 is 0 Å². The van der Waals surface area contributed by atoms with E-state index in [1.807, 2.05) is 0 Å². The fourth-order valence-electron chi connectivity index (χ4n) is 1.48. The van der Waals surface area contributed by atoms with E-state index in [1.54, 1.807) is 0 Å². The van der Waals surface area contributed by atoms with Gasteiger partial charge in [-0.05, 0) is 24.3 Å². The van der Waals surface area contributed by atoms with Gasteiger partial charge in [0.2, 0.25) is 0 Å². The van der Waals surface area contributed by atoms with Gasteiger partial charge in [0.1, 0.15) is 17.5 Å². The van der Waals surface area contributed by atoms with Crippen molar-refractivity contribution in [3.8, 4) is 0 Å². The minimum Gasteiger partial charge on any atom is -0.319 e. The highest BCUT2D eigenvalue weighted by atomic mass is 35.5. The molecule has 104 valence electrons. The smallest absolute Gasteiger partial charge is 0.257 e. The van der Waals surface area contributed by atoms with E-state index in [4.69, 9.17) is 23.2 Å². The molecule has 0 aromatic heterocycles. The van der Waals surface area contributed by atoms with Crippen molar-refractivity contribution >= 4 is 34.8 Å². The lowest BCUT2D eigenvalue weighted by Crippen LogP contribution is -2.14. The zero-order chi connectivity index (χ0) is 14.9. The van der Waals surface area contributed by atoms with Gasteiger partial charge >= 0.3 is 0 Å². The molecule has 0 fully saturated rings. The highest BCUT2D eigenvalue weighted by Crippen LogP contribution is 2.25. The third kappa shape index (κ3) is 3.05. The molecule has 7 heteroatoms. The second-order valence-electron chi connectivity index (χ2n) is 3.82. The van der Waals surface area contributed by atoms with Crippen LogP contribution in [0.3, 0.4) is 0 Å². The molecule has 0 spiro atoms. The molecule has 0 atom stereocenters. The summed E-state index contributed by atoms with van der Waals surface area (Å²) in [5, 5.41) is 1.84. The molecule has 0 saturated heterocycles. The average Bonchev–Trinajstić information content (AvgIpc) is 2.37. The molecule has 0 saturated carbocycles. The fraction of sp³-hybridized carbons (Fsp3) is 0. The topological polar surface area (TPSA) is 29.1 Å². The van der Waals surface area contributed by atoms with Crippen LogP contribution in [0, 0.1) is 17.5 Å². The summed E-state index contributed by atoms with van der Waals surface area (Å²) in [5.41, 5.74) is -0.458. The van der Waals surface area contributed by atoms with Crippen LogP contribution in [0.15, 0.2) is 30.3 Å². The lowest BCUT2D eigenvalue weighted by molar-refractivity contribution is 0.102. The molecule has 0 heterocycles. The first-order valence-corrected chi connectivity index (χ1v) is 6.05. The van der Waals surface area contributed by atoms with Crippen LogP contribution in [0.4, 0.5) is 18.9 Å². The quantitative estimate of drug-likeness (QED) is 0.801. The molecule has 0 aliphatic heterocycles. The maximum absolute atomic E-state index is 13.4. The summed E-state index contributed by atoms with van der Waals surface area (Å²) in [5.74, 6) is -3.41. The van der Waals surface area contributed by atoms with E-state index in [-0.39, 0.29) is 21.3 Å². The van der Waals surface area contributed by atoms with Crippen LogP contribution in [-0.4, -0.2) is 5.91 Å². The standard InChI is InChI=1S/C13H6Cl2F3NO/c14-8-5-9(15)10(17)4-7(8)13(20)19-12-2-1-6(16)3-11(12)18/h1-5H,(H,19,20). The van der Waals surface area contributed by atoms with Crippen LogP contribution >= 0.6 is 23.2 Å². The van der Waals surface area contributed by atoms with Gasteiger partial charge in [-0.2, -0.15) is 0 Å². The number of carbonyl (C=O) groups is 1. The summed E-state index contributed by atoms with van der Waals surface area (Å²) in [6.07, 6.45) is 0. The van der Waals surface area contributed by atoms with Crippen molar-refractivity contribution in [2.75, 3.05) is 5.32 Å². The lowest BCUT2D eigenvalue weighted by atomic mass is 10.2. The number of halogens is 5. The molecule has 2 rings (SSSR count). The Balaban J connectivity index is 2.31. The number of nitrogens with one attached hydrogen (secondary N) is 1. The van der Waals surface area contributed by atoms with E-state index in [1.165, 1.54) is 0 Å². The summed E-state index contributed by atoms with van der Waals surface area (Å²) in [7, 11) is 0. The van der Waals surface area contributed by atoms with Gasteiger partial charge in [0.05, 0.1) is 21.3 Å². The van der Waals surface area contributed by atoms with Gasteiger partial charge in [0.25, 0.3) is 5.91 Å². The number of amides is 1. The summed E-state index contributed by atoms with van der Waals surface area (Å²) < 4.78 is 39.4. The van der Waals surface area contributed by atoms with Gasteiger partial charge in [-0.25, -0.2) is 13.2 Å². The first-order chi connectivity index (χ1) is 9.38. The van der Waals surface area contributed by atoms with Crippen LogP contribution in [0.2, 0.25) is 10.0 Å². The van der Waals surface area contributed by atoms with Crippen molar-refractivity contribution < 1.29 is 18.0 Å². The van der Waals surface area contributed by atoms with Gasteiger partial charge in [-0.15, -0.1) is 0 Å². The molecule has 0 bridgehead atoms. The summed E-state index contributed by atoms with van der Waals surface area (Å²) in [4.78, 5) is 11.9. The van der Waals surface area contributed by atoms with E-state index in [9.17, 15) is 18.0 Å². The van der Waals surface area contributed by atoms with Crippen molar-refractivity contribution in [3.05, 3.63) is 63.4 Å². The Morgan fingerprint density at radius 2 is 1.65 bits per heavy atom. The molecule has 2 aromatic rings. The maximum atomic E-state index is 13.4. The minimum atomic E-state index is -0.955. The second-order valence-corrected chi connectivity index (χ2v) is 4.64. The molecule has 1 N–H and O–H groups in total. The lowest BCUT2D eigenvalue weighted by Gasteiger charge is -2.08. The molecular formula is C13H6Cl2F3NO. The monoisotopic (exact) mass is 319 g/mol. The van der Waals surface area contributed by atoms with Crippen LogP contribution in [0.25, 0.3) is 0 Å². The van der Waals surface area contributed by atoms with Crippen LogP contribution in [0.1, 0.15) is 10.4 Å². The Labute approximate surface area is 122 Å². The van der Waals surface area contributed by atoms with E-state index in [2.05, 4.69) is 5.32 Å². The van der Waals surface area contributed by atoms with Gasteiger partial charge in [-0.3, -0.25) is 4.79 Å². The molecular weight excluding hydrogens is 314 g/mol. The van der Waals surface area contributed by atoms with Gasteiger partial charge in [0, 0.05) is 6.07 Å². The van der Waals surface area contributed by atoms with Crippen LogP contribution in [-0.2, 0) is 0 Å². The van der Waals surface area contributed by atoms with Crippen molar-refractivity contribution in [2.45, 2.75) is 0 Å². The summed E-state index contributed by atoms with van der Waals surface area (Å²) in [6.45, 7) is 0. The fourth-order valence-corrected chi connectivity index (χ4v) is 1.95. The van der Waals surface area contributed by atoms with Crippen molar-refractivity contribution in [1.82, 2.24) is 0 Å². The van der Waals surface area contributed by atoms with Gasteiger partial charge in [-0.1, -0.05) is 23.2 Å².